The van der Waals surface area contributed by atoms with Gasteiger partial charge < -0.3 is 4.90 Å². The van der Waals surface area contributed by atoms with Gasteiger partial charge in [0.25, 0.3) is 0 Å². The van der Waals surface area contributed by atoms with E-state index in [1.165, 1.54) is 19.3 Å². The smallest absolute Gasteiger partial charge is 0.321 e. The predicted octanol–water partition coefficient (Wildman–Crippen LogP) is 2.77. The Kier molecular flexibility index (Phi) is 2.39. The molecule has 0 aromatic heterocycles. The summed E-state index contributed by atoms with van der Waals surface area (Å²) in [6, 6.07) is 0.255. The third-order valence-corrected chi connectivity index (χ3v) is 6.95. The van der Waals surface area contributed by atoms with Gasteiger partial charge in [-0.05, 0) is 69.1 Å². The summed E-state index contributed by atoms with van der Waals surface area (Å²) in [6.07, 6.45) is 9.99. The minimum Gasteiger partial charge on any atom is -0.321 e. The number of urea groups is 1. The van der Waals surface area contributed by atoms with Crippen molar-refractivity contribution in [3.05, 3.63) is 0 Å². The maximum absolute atomic E-state index is 13.0. The van der Waals surface area contributed by atoms with Gasteiger partial charge in [0.1, 0.15) is 0 Å². The van der Waals surface area contributed by atoms with Crippen LogP contribution in [0.2, 0.25) is 0 Å². The summed E-state index contributed by atoms with van der Waals surface area (Å²) in [5.74, 6) is 2.44. The first-order valence-corrected chi connectivity index (χ1v) is 8.78. The third kappa shape index (κ3) is 1.62. The number of amides is 3. The lowest BCUT2D eigenvalue weighted by atomic mass is 9.52. The standard InChI is InChI=1S/C17H24N2O2/c20-15-7-14-2-1-3-18(14)16(21)19(15)17-8-11-4-12(9-17)6-13(5-11)10-17/h11-14H,1-10H2. The lowest BCUT2D eigenvalue weighted by molar-refractivity contribution is -0.149. The summed E-state index contributed by atoms with van der Waals surface area (Å²) in [4.78, 5) is 29.5. The number of rotatable bonds is 1. The molecule has 4 nitrogen and oxygen atoms in total. The Bertz CT molecular complexity index is 480. The summed E-state index contributed by atoms with van der Waals surface area (Å²) in [6.45, 7) is 0.861. The Morgan fingerprint density at radius 1 is 0.952 bits per heavy atom. The molecule has 6 fully saturated rings. The van der Waals surface area contributed by atoms with E-state index in [0.717, 1.165) is 56.4 Å². The normalized spacial score (nSPS) is 48.2. The molecule has 0 N–H and O–H groups in total. The van der Waals surface area contributed by atoms with E-state index in [9.17, 15) is 9.59 Å². The second-order valence-electron chi connectivity index (χ2n) is 8.35. The molecule has 2 heterocycles. The Labute approximate surface area is 125 Å². The highest BCUT2D eigenvalue weighted by Crippen LogP contribution is 2.58. The van der Waals surface area contributed by atoms with Gasteiger partial charge in [-0.1, -0.05) is 0 Å². The molecule has 4 heteroatoms. The molecule has 1 atom stereocenters. The maximum atomic E-state index is 13.0. The minimum absolute atomic E-state index is 0.0516. The van der Waals surface area contributed by atoms with Gasteiger partial charge in [-0.2, -0.15) is 0 Å². The molecule has 0 aromatic carbocycles. The van der Waals surface area contributed by atoms with Gasteiger partial charge in [0.2, 0.25) is 5.91 Å². The first-order valence-electron chi connectivity index (χ1n) is 8.78. The molecule has 2 aliphatic heterocycles. The molecular formula is C17H24N2O2. The summed E-state index contributed by atoms with van der Waals surface area (Å²) >= 11 is 0. The third-order valence-electron chi connectivity index (χ3n) is 6.95. The quantitative estimate of drug-likeness (QED) is 0.744. The van der Waals surface area contributed by atoms with Crippen LogP contribution in [0.4, 0.5) is 4.79 Å². The van der Waals surface area contributed by atoms with E-state index in [4.69, 9.17) is 0 Å². The van der Waals surface area contributed by atoms with Crippen LogP contribution in [0.25, 0.3) is 0 Å². The molecule has 114 valence electrons. The topological polar surface area (TPSA) is 40.6 Å². The van der Waals surface area contributed by atoms with E-state index in [2.05, 4.69) is 0 Å². The van der Waals surface area contributed by atoms with Gasteiger partial charge in [-0.3, -0.25) is 9.69 Å². The van der Waals surface area contributed by atoms with Crippen molar-refractivity contribution in [2.24, 2.45) is 17.8 Å². The monoisotopic (exact) mass is 288 g/mol. The molecule has 4 bridgehead atoms. The fourth-order valence-corrected chi connectivity index (χ4v) is 6.63. The van der Waals surface area contributed by atoms with E-state index in [1.54, 1.807) is 4.90 Å². The summed E-state index contributed by atoms with van der Waals surface area (Å²) in [5, 5.41) is 0. The molecule has 0 spiro atoms. The predicted molar refractivity (Wildman–Crippen MR) is 77.5 cm³/mol. The highest BCUT2D eigenvalue weighted by atomic mass is 16.2. The zero-order chi connectivity index (χ0) is 14.2. The van der Waals surface area contributed by atoms with Crippen molar-refractivity contribution in [2.75, 3.05) is 6.54 Å². The van der Waals surface area contributed by atoms with Crippen LogP contribution in [0.1, 0.15) is 57.8 Å². The van der Waals surface area contributed by atoms with Gasteiger partial charge in [0.15, 0.2) is 0 Å². The average Bonchev–Trinajstić information content (AvgIpc) is 2.84. The molecule has 3 amide bonds. The minimum atomic E-state index is -0.101. The molecule has 4 aliphatic carbocycles. The van der Waals surface area contributed by atoms with Crippen LogP contribution in [0.15, 0.2) is 0 Å². The Hall–Kier alpha value is -1.06. The average molecular weight is 288 g/mol. The van der Waals surface area contributed by atoms with Gasteiger partial charge in [0, 0.05) is 19.0 Å². The molecular weight excluding hydrogens is 264 g/mol. The zero-order valence-electron chi connectivity index (χ0n) is 12.6. The fraction of sp³-hybridized carbons (Fsp3) is 0.882. The second-order valence-corrected chi connectivity index (χ2v) is 8.35. The number of fused-ring (bicyclic) bond motifs is 1. The van der Waals surface area contributed by atoms with E-state index >= 15 is 0 Å². The second kappa shape index (κ2) is 4.02. The zero-order valence-corrected chi connectivity index (χ0v) is 12.6. The van der Waals surface area contributed by atoms with Crippen molar-refractivity contribution >= 4 is 11.9 Å². The molecule has 0 aromatic rings. The van der Waals surface area contributed by atoms with E-state index in [1.807, 2.05) is 4.90 Å². The van der Waals surface area contributed by atoms with Crippen LogP contribution >= 0.6 is 0 Å². The number of carbonyl (C=O) groups is 2. The summed E-state index contributed by atoms with van der Waals surface area (Å²) in [7, 11) is 0. The molecule has 2 saturated heterocycles. The molecule has 6 rings (SSSR count). The van der Waals surface area contributed by atoms with Crippen molar-refractivity contribution in [3.8, 4) is 0 Å². The Balaban J connectivity index is 1.51. The first kappa shape index (κ1) is 12.5. The summed E-state index contributed by atoms with van der Waals surface area (Å²) < 4.78 is 0. The SMILES string of the molecule is O=C1CC2CCCN2C(=O)N1C12CC3CC(CC(C3)C1)C2. The van der Waals surface area contributed by atoms with Crippen LogP contribution in [0, 0.1) is 17.8 Å². The van der Waals surface area contributed by atoms with Crippen molar-refractivity contribution in [1.29, 1.82) is 0 Å². The molecule has 21 heavy (non-hydrogen) atoms. The fourth-order valence-electron chi connectivity index (χ4n) is 6.63. The van der Waals surface area contributed by atoms with E-state index in [-0.39, 0.29) is 23.5 Å². The molecule has 4 saturated carbocycles. The first-order chi connectivity index (χ1) is 10.1. The number of hydrogen-bond acceptors (Lipinski definition) is 2. The number of imide groups is 1. The van der Waals surface area contributed by atoms with Crippen LogP contribution in [0.5, 0.6) is 0 Å². The Morgan fingerprint density at radius 2 is 1.57 bits per heavy atom. The highest BCUT2D eigenvalue weighted by Gasteiger charge is 2.58. The lowest BCUT2D eigenvalue weighted by Gasteiger charge is -2.60. The van der Waals surface area contributed by atoms with E-state index < -0.39 is 0 Å². The van der Waals surface area contributed by atoms with Crippen LogP contribution in [-0.4, -0.2) is 39.9 Å². The number of hydrogen-bond donors (Lipinski definition) is 0. The van der Waals surface area contributed by atoms with E-state index in [0.29, 0.717) is 6.42 Å². The van der Waals surface area contributed by atoms with Crippen LogP contribution in [-0.2, 0) is 4.79 Å². The maximum Gasteiger partial charge on any atom is 0.327 e. The van der Waals surface area contributed by atoms with Crippen LogP contribution < -0.4 is 0 Å². The van der Waals surface area contributed by atoms with Crippen molar-refractivity contribution in [3.63, 3.8) is 0 Å². The molecule has 0 radical (unpaired) electrons. The van der Waals surface area contributed by atoms with Gasteiger partial charge in [-0.25, -0.2) is 4.79 Å². The molecule has 1 unspecified atom stereocenters. The molecule has 6 aliphatic rings. The van der Waals surface area contributed by atoms with Gasteiger partial charge in [-0.15, -0.1) is 0 Å². The number of carbonyl (C=O) groups excluding carboxylic acids is 2. The van der Waals surface area contributed by atoms with Crippen molar-refractivity contribution in [1.82, 2.24) is 9.80 Å². The van der Waals surface area contributed by atoms with Gasteiger partial charge >= 0.3 is 6.03 Å². The highest BCUT2D eigenvalue weighted by molar-refractivity contribution is 5.98. The number of nitrogens with zero attached hydrogens (tertiary/aromatic N) is 2. The van der Waals surface area contributed by atoms with Crippen LogP contribution in [0.3, 0.4) is 0 Å². The van der Waals surface area contributed by atoms with Crippen molar-refractivity contribution < 1.29 is 9.59 Å². The van der Waals surface area contributed by atoms with Gasteiger partial charge in [0.05, 0.1) is 5.54 Å². The summed E-state index contributed by atoms with van der Waals surface area (Å²) in [5.41, 5.74) is -0.101. The largest absolute Gasteiger partial charge is 0.327 e. The van der Waals surface area contributed by atoms with Crippen molar-refractivity contribution in [2.45, 2.75) is 69.4 Å². The lowest BCUT2D eigenvalue weighted by Crippen LogP contribution is -2.68. The Morgan fingerprint density at radius 3 is 2.19 bits per heavy atom.